The maximum absolute atomic E-state index is 12.7. The molecule has 1 aliphatic heterocycles. The number of benzene rings is 1. The molecule has 2 aliphatic carbocycles. The summed E-state index contributed by atoms with van der Waals surface area (Å²) in [5, 5.41) is 20.1. The first kappa shape index (κ1) is 20.4. The van der Waals surface area contributed by atoms with Gasteiger partial charge in [-0.3, -0.25) is 0 Å². The second-order valence-corrected chi connectivity index (χ2v) is 10.1. The van der Waals surface area contributed by atoms with E-state index in [2.05, 4.69) is 27.7 Å². The molecule has 29 heavy (non-hydrogen) atoms. The van der Waals surface area contributed by atoms with Gasteiger partial charge in [0.25, 0.3) is 0 Å². The van der Waals surface area contributed by atoms with Gasteiger partial charge in [0.05, 0.1) is 6.61 Å². The topological polar surface area (TPSA) is 76.0 Å². The van der Waals surface area contributed by atoms with E-state index in [1.807, 2.05) is 0 Å². The molecule has 4 rings (SSSR count). The van der Waals surface area contributed by atoms with Gasteiger partial charge in [-0.05, 0) is 47.4 Å². The first-order valence-corrected chi connectivity index (χ1v) is 10.6. The van der Waals surface area contributed by atoms with Crippen molar-refractivity contribution in [2.24, 2.45) is 28.1 Å². The summed E-state index contributed by atoms with van der Waals surface area (Å²) in [6.45, 7) is 9.48. The van der Waals surface area contributed by atoms with Crippen LogP contribution in [0.4, 0.5) is 0 Å². The average molecular weight is 401 g/mol. The first-order valence-electron chi connectivity index (χ1n) is 10.6. The van der Waals surface area contributed by atoms with Crippen LogP contribution >= 0.6 is 0 Å². The van der Waals surface area contributed by atoms with E-state index in [1.54, 1.807) is 30.3 Å². The summed E-state index contributed by atoms with van der Waals surface area (Å²) in [7, 11) is 0. The van der Waals surface area contributed by atoms with E-state index in [1.165, 1.54) is 6.08 Å². The molecule has 3 aliphatic rings. The third-order valence-corrected chi connectivity index (χ3v) is 8.55. The summed E-state index contributed by atoms with van der Waals surface area (Å²) >= 11 is 0. The fraction of sp³-hybridized carbons (Fsp3) is 0.625. The number of ether oxygens (including phenoxy) is 2. The Kier molecular flexibility index (Phi) is 4.82. The maximum Gasteiger partial charge on any atom is 0.331 e. The van der Waals surface area contributed by atoms with Crippen LogP contribution < -0.4 is 0 Å². The van der Waals surface area contributed by atoms with E-state index in [4.69, 9.17) is 9.47 Å². The van der Waals surface area contributed by atoms with Gasteiger partial charge in [-0.25, -0.2) is 4.79 Å². The minimum atomic E-state index is -0.807. The summed E-state index contributed by atoms with van der Waals surface area (Å²) in [4.78, 5) is 12.7. The van der Waals surface area contributed by atoms with Crippen molar-refractivity contribution in [2.45, 2.75) is 59.4 Å². The van der Waals surface area contributed by atoms with Crippen LogP contribution in [-0.4, -0.2) is 35.2 Å². The number of phenolic OH excluding ortho intramolecular Hbond substituents is 1. The molecule has 1 heterocycles. The van der Waals surface area contributed by atoms with Crippen molar-refractivity contribution in [1.29, 1.82) is 0 Å². The van der Waals surface area contributed by atoms with E-state index < -0.39 is 6.29 Å². The van der Waals surface area contributed by atoms with E-state index in [0.717, 1.165) is 24.8 Å². The molecule has 3 fully saturated rings. The molecule has 0 aromatic heterocycles. The Hall–Kier alpha value is -1.85. The molecule has 2 saturated carbocycles. The van der Waals surface area contributed by atoms with Gasteiger partial charge < -0.3 is 19.7 Å². The summed E-state index contributed by atoms with van der Waals surface area (Å²) in [6, 6.07) is 6.66. The number of carbonyl (C=O) groups is 1. The van der Waals surface area contributed by atoms with Crippen LogP contribution in [0.2, 0.25) is 0 Å². The third-order valence-electron chi connectivity index (χ3n) is 8.55. The zero-order valence-electron chi connectivity index (χ0n) is 17.7. The average Bonchev–Trinajstić information content (AvgIpc) is 3.12. The minimum absolute atomic E-state index is 0.00315. The van der Waals surface area contributed by atoms with Crippen molar-refractivity contribution in [3.63, 3.8) is 0 Å². The highest BCUT2D eigenvalue weighted by atomic mass is 16.6. The number of rotatable bonds is 3. The highest BCUT2D eigenvalue weighted by Crippen LogP contribution is 2.73. The number of fused-ring (bicyclic) bond motifs is 3. The van der Waals surface area contributed by atoms with Crippen molar-refractivity contribution in [1.82, 2.24) is 0 Å². The van der Waals surface area contributed by atoms with Crippen LogP contribution in [0.15, 0.2) is 30.3 Å². The zero-order chi connectivity index (χ0) is 21.0. The molecule has 1 aromatic rings. The van der Waals surface area contributed by atoms with Crippen molar-refractivity contribution in [3.8, 4) is 5.75 Å². The Balaban J connectivity index is 1.61. The van der Waals surface area contributed by atoms with Crippen molar-refractivity contribution >= 4 is 12.0 Å². The van der Waals surface area contributed by atoms with Crippen LogP contribution in [0.1, 0.15) is 52.5 Å². The Bertz CT molecular complexity index is 813. The van der Waals surface area contributed by atoms with Crippen LogP contribution in [0.5, 0.6) is 5.75 Å². The fourth-order valence-electron chi connectivity index (χ4n) is 6.68. The molecular weight excluding hydrogens is 368 g/mol. The molecule has 1 saturated heterocycles. The van der Waals surface area contributed by atoms with Gasteiger partial charge in [0.15, 0.2) is 6.29 Å². The Morgan fingerprint density at radius 2 is 1.86 bits per heavy atom. The largest absolute Gasteiger partial charge is 0.508 e. The lowest BCUT2D eigenvalue weighted by Crippen LogP contribution is -2.56. The number of esters is 1. The van der Waals surface area contributed by atoms with Gasteiger partial charge in [-0.2, -0.15) is 0 Å². The van der Waals surface area contributed by atoms with E-state index in [-0.39, 0.29) is 45.9 Å². The van der Waals surface area contributed by atoms with Crippen molar-refractivity contribution in [2.75, 3.05) is 6.61 Å². The summed E-state index contributed by atoms with van der Waals surface area (Å²) in [5.41, 5.74) is 0.431. The van der Waals surface area contributed by atoms with Crippen LogP contribution in [0.3, 0.4) is 0 Å². The van der Waals surface area contributed by atoms with Gasteiger partial charge >= 0.3 is 5.97 Å². The summed E-state index contributed by atoms with van der Waals surface area (Å²) in [5.74, 6) is -0.226. The molecule has 5 heteroatoms. The molecule has 158 valence electrons. The number of aliphatic hydroxyl groups excluding tert-OH is 1. The van der Waals surface area contributed by atoms with Crippen LogP contribution in [-0.2, 0) is 14.3 Å². The standard InChI is InChI=1S/C24H32O5/c1-22(2)12-5-13-23(3)20(17-14-28-21(27)19(17)24(22,23)4)29-18(26)11-8-15-6-9-16(25)10-7-15/h6-11,17,19-21,25,27H,5,12-14H2,1-4H3/t17-,19-,20+,21-,23+,24+/m0/s1. The highest BCUT2D eigenvalue weighted by Gasteiger charge is 2.74. The predicted molar refractivity (Wildman–Crippen MR) is 110 cm³/mol. The van der Waals surface area contributed by atoms with E-state index in [0.29, 0.717) is 6.61 Å². The fourth-order valence-corrected chi connectivity index (χ4v) is 6.68. The smallest absolute Gasteiger partial charge is 0.331 e. The molecule has 0 amide bonds. The van der Waals surface area contributed by atoms with Crippen LogP contribution in [0.25, 0.3) is 6.08 Å². The molecule has 0 radical (unpaired) electrons. The van der Waals surface area contributed by atoms with Gasteiger partial charge in [-0.15, -0.1) is 0 Å². The molecule has 5 nitrogen and oxygen atoms in total. The third kappa shape index (κ3) is 2.93. The SMILES string of the molecule is CC1(C)CCC[C@]2(C)[C@H](OC(=O)C=Cc3ccc(O)cc3)[C@H]3CO[C@H](O)[C@H]3[C@]12C. The van der Waals surface area contributed by atoms with Crippen molar-refractivity contribution in [3.05, 3.63) is 35.9 Å². The molecule has 0 bridgehead atoms. The Morgan fingerprint density at radius 3 is 2.55 bits per heavy atom. The number of phenols is 1. The number of aliphatic hydroxyl groups is 1. The highest BCUT2D eigenvalue weighted by molar-refractivity contribution is 5.87. The van der Waals surface area contributed by atoms with Gasteiger partial charge in [-0.1, -0.05) is 46.2 Å². The molecule has 1 aromatic carbocycles. The van der Waals surface area contributed by atoms with Gasteiger partial charge in [0.1, 0.15) is 11.9 Å². The van der Waals surface area contributed by atoms with Gasteiger partial charge in [0, 0.05) is 23.3 Å². The maximum atomic E-state index is 12.7. The predicted octanol–water partition coefficient (Wildman–Crippen LogP) is 4.13. The molecule has 0 unspecified atom stereocenters. The number of aromatic hydroxyl groups is 1. The number of hydrogen-bond donors (Lipinski definition) is 2. The quantitative estimate of drug-likeness (QED) is 0.589. The number of hydrogen-bond acceptors (Lipinski definition) is 5. The molecule has 6 atom stereocenters. The van der Waals surface area contributed by atoms with Crippen molar-refractivity contribution < 1.29 is 24.5 Å². The molecule has 2 N–H and O–H groups in total. The zero-order valence-corrected chi connectivity index (χ0v) is 17.7. The molecular formula is C24H32O5. The van der Waals surface area contributed by atoms with Gasteiger partial charge in [0.2, 0.25) is 0 Å². The molecule has 0 spiro atoms. The normalized spacial score (nSPS) is 40.6. The minimum Gasteiger partial charge on any atom is -0.508 e. The number of carbonyl (C=O) groups excluding carboxylic acids is 1. The second-order valence-electron chi connectivity index (χ2n) is 10.1. The van der Waals surface area contributed by atoms with E-state index in [9.17, 15) is 15.0 Å². The lowest BCUT2D eigenvalue weighted by molar-refractivity contribution is -0.193. The Morgan fingerprint density at radius 1 is 1.17 bits per heavy atom. The lowest BCUT2D eigenvalue weighted by Gasteiger charge is -2.59. The Labute approximate surface area is 172 Å². The lowest BCUT2D eigenvalue weighted by atomic mass is 9.46. The summed E-state index contributed by atoms with van der Waals surface area (Å²) in [6.07, 6.45) is 5.21. The second kappa shape index (κ2) is 6.85. The van der Waals surface area contributed by atoms with E-state index >= 15 is 0 Å². The summed E-state index contributed by atoms with van der Waals surface area (Å²) < 4.78 is 11.7. The monoisotopic (exact) mass is 400 g/mol. The first-order chi connectivity index (χ1) is 13.6. The van der Waals surface area contributed by atoms with Crippen LogP contribution in [0, 0.1) is 28.1 Å².